The summed E-state index contributed by atoms with van der Waals surface area (Å²) in [5.41, 5.74) is -1.23. The van der Waals surface area contributed by atoms with Crippen LogP contribution in [0.25, 0.3) is 0 Å². The largest absolute Gasteiger partial charge is 0.433 e. The molecule has 3 rings (SSSR count). The zero-order valence-corrected chi connectivity index (χ0v) is 13.2. The Labute approximate surface area is 133 Å². The van der Waals surface area contributed by atoms with Crippen LogP contribution in [0.3, 0.4) is 0 Å². The Balaban J connectivity index is 1.75. The second-order valence-corrected chi connectivity index (χ2v) is 6.36. The molecule has 1 aromatic heterocycles. The highest BCUT2D eigenvalue weighted by Gasteiger charge is 2.42. The lowest BCUT2D eigenvalue weighted by molar-refractivity contribution is -0.141. The fourth-order valence-corrected chi connectivity index (χ4v) is 3.62. The molecule has 2 fully saturated rings. The van der Waals surface area contributed by atoms with E-state index in [1.54, 1.807) is 4.90 Å². The highest BCUT2D eigenvalue weighted by molar-refractivity contribution is 9.10. The number of aromatic nitrogens is 2. The van der Waals surface area contributed by atoms with Gasteiger partial charge in [-0.15, -0.1) is 0 Å². The number of halogens is 4. The summed E-state index contributed by atoms with van der Waals surface area (Å²) in [5, 5.41) is 5.46. The van der Waals surface area contributed by atoms with Gasteiger partial charge in [-0.2, -0.15) is 18.3 Å². The molecule has 122 valence electrons. The summed E-state index contributed by atoms with van der Waals surface area (Å²) in [6, 6.07) is 0.0781. The van der Waals surface area contributed by atoms with Gasteiger partial charge in [-0.1, -0.05) is 0 Å². The van der Waals surface area contributed by atoms with Crippen LogP contribution in [0.5, 0.6) is 0 Å². The van der Waals surface area contributed by atoms with Crippen molar-refractivity contribution in [3.63, 3.8) is 0 Å². The number of hydrogen-bond donors (Lipinski definition) is 1. The van der Waals surface area contributed by atoms with E-state index in [0.29, 0.717) is 25.7 Å². The number of nitrogens with one attached hydrogen (secondary N) is 1. The first-order valence-electron chi connectivity index (χ1n) is 7.09. The first-order chi connectivity index (χ1) is 10.4. The Kier molecular flexibility index (Phi) is 4.19. The zero-order chi connectivity index (χ0) is 15.9. The average molecular weight is 382 g/mol. The summed E-state index contributed by atoms with van der Waals surface area (Å²) in [6.07, 6.45) is -1.93. The van der Waals surface area contributed by atoms with Crippen molar-refractivity contribution >= 4 is 21.8 Å². The molecular formula is C13H15BrF3N3O2. The summed E-state index contributed by atoms with van der Waals surface area (Å²) in [5.74, 6) is -0.104. The van der Waals surface area contributed by atoms with Gasteiger partial charge in [0.05, 0.1) is 4.47 Å². The van der Waals surface area contributed by atoms with Crippen molar-refractivity contribution in [2.45, 2.75) is 31.5 Å². The molecule has 1 aromatic rings. The van der Waals surface area contributed by atoms with E-state index in [2.05, 4.69) is 21.0 Å². The molecule has 22 heavy (non-hydrogen) atoms. The summed E-state index contributed by atoms with van der Waals surface area (Å²) < 4.78 is 43.2. The number of alkyl halides is 3. The molecule has 9 heteroatoms. The molecule has 1 atom stereocenters. The van der Waals surface area contributed by atoms with Crippen molar-refractivity contribution in [2.24, 2.45) is 5.92 Å². The van der Waals surface area contributed by atoms with Crippen LogP contribution in [0.2, 0.25) is 0 Å². The molecule has 0 aromatic carbocycles. The Hall–Kier alpha value is -1.09. The third-order valence-electron chi connectivity index (χ3n) is 4.33. The van der Waals surface area contributed by atoms with E-state index >= 15 is 0 Å². The maximum atomic E-state index is 12.7. The van der Waals surface area contributed by atoms with Crippen molar-refractivity contribution in [1.29, 1.82) is 0 Å². The number of rotatable bonds is 2. The molecule has 2 aliphatic heterocycles. The number of likely N-dealkylation sites (tertiary alicyclic amines) is 1. The summed E-state index contributed by atoms with van der Waals surface area (Å²) in [6.45, 7) is 1.91. The fourth-order valence-electron chi connectivity index (χ4n) is 3.04. The van der Waals surface area contributed by atoms with Crippen LogP contribution in [0.4, 0.5) is 13.2 Å². The van der Waals surface area contributed by atoms with Gasteiger partial charge in [0.1, 0.15) is 0 Å². The number of hydrogen-bond acceptors (Lipinski definition) is 3. The first kappa shape index (κ1) is 15.8. The van der Waals surface area contributed by atoms with E-state index in [1.807, 2.05) is 5.10 Å². The number of H-pyrrole nitrogens is 1. The van der Waals surface area contributed by atoms with E-state index in [-0.39, 0.29) is 16.2 Å². The molecule has 5 nitrogen and oxygen atoms in total. The van der Waals surface area contributed by atoms with Crippen LogP contribution in [-0.4, -0.2) is 46.8 Å². The smallest absolute Gasteiger partial charge is 0.381 e. The predicted molar refractivity (Wildman–Crippen MR) is 74.3 cm³/mol. The van der Waals surface area contributed by atoms with E-state index in [9.17, 15) is 18.0 Å². The minimum Gasteiger partial charge on any atom is -0.381 e. The molecule has 0 bridgehead atoms. The maximum absolute atomic E-state index is 12.7. The zero-order valence-electron chi connectivity index (χ0n) is 11.6. The van der Waals surface area contributed by atoms with Crippen LogP contribution in [0.1, 0.15) is 35.4 Å². The normalized spacial score (nSPS) is 23.5. The van der Waals surface area contributed by atoms with Gasteiger partial charge in [-0.05, 0) is 41.1 Å². The summed E-state index contributed by atoms with van der Waals surface area (Å²) in [7, 11) is 0. The first-order valence-corrected chi connectivity index (χ1v) is 7.88. The lowest BCUT2D eigenvalue weighted by atomic mass is 9.83. The fraction of sp³-hybridized carbons (Fsp3) is 0.692. The van der Waals surface area contributed by atoms with Gasteiger partial charge in [-0.25, -0.2) is 0 Å². The highest BCUT2D eigenvalue weighted by atomic mass is 79.9. The molecule has 2 aliphatic rings. The minimum absolute atomic E-state index is 0.0781. The molecule has 3 heterocycles. The molecule has 2 saturated heterocycles. The van der Waals surface area contributed by atoms with Crippen LogP contribution >= 0.6 is 15.9 Å². The van der Waals surface area contributed by atoms with E-state index in [0.717, 1.165) is 19.3 Å². The molecule has 1 N–H and O–H groups in total. The van der Waals surface area contributed by atoms with Gasteiger partial charge in [0.15, 0.2) is 11.4 Å². The number of amides is 1. The van der Waals surface area contributed by atoms with Gasteiger partial charge in [-0.3, -0.25) is 9.89 Å². The van der Waals surface area contributed by atoms with Crippen molar-refractivity contribution in [3.8, 4) is 0 Å². The second-order valence-electron chi connectivity index (χ2n) is 5.56. The molecule has 0 aliphatic carbocycles. The SMILES string of the molecule is O=C(c1n[nH]c(C(F)(F)F)c1Br)N1CCC1C1CCOCC1. The van der Waals surface area contributed by atoms with Crippen LogP contribution in [0, 0.1) is 5.92 Å². The summed E-state index contributed by atoms with van der Waals surface area (Å²) >= 11 is 2.84. The lowest BCUT2D eigenvalue weighted by Gasteiger charge is -2.46. The van der Waals surface area contributed by atoms with Gasteiger partial charge < -0.3 is 9.64 Å². The molecule has 0 saturated carbocycles. The molecule has 1 amide bonds. The maximum Gasteiger partial charge on any atom is 0.433 e. The van der Waals surface area contributed by atoms with Crippen molar-refractivity contribution in [1.82, 2.24) is 15.1 Å². The van der Waals surface area contributed by atoms with E-state index in [4.69, 9.17) is 4.74 Å². The van der Waals surface area contributed by atoms with Gasteiger partial charge in [0.2, 0.25) is 0 Å². The number of carbonyl (C=O) groups is 1. The van der Waals surface area contributed by atoms with Gasteiger partial charge >= 0.3 is 6.18 Å². The standard InChI is InChI=1S/C13H15BrF3N3O2/c14-9-10(18-19-11(9)13(15,16)17)12(21)20-4-1-8(20)7-2-5-22-6-3-7/h7-8H,1-6H2,(H,18,19). The Morgan fingerprint density at radius 1 is 1.32 bits per heavy atom. The van der Waals surface area contributed by atoms with Crippen LogP contribution in [-0.2, 0) is 10.9 Å². The van der Waals surface area contributed by atoms with Gasteiger partial charge in [0.25, 0.3) is 5.91 Å². The molecule has 0 radical (unpaired) electrons. The lowest BCUT2D eigenvalue weighted by Crippen LogP contribution is -2.55. The Morgan fingerprint density at radius 2 is 2.00 bits per heavy atom. The third-order valence-corrected chi connectivity index (χ3v) is 5.10. The highest BCUT2D eigenvalue weighted by Crippen LogP contribution is 2.37. The summed E-state index contributed by atoms with van der Waals surface area (Å²) in [4.78, 5) is 14.1. The van der Waals surface area contributed by atoms with Crippen LogP contribution < -0.4 is 0 Å². The van der Waals surface area contributed by atoms with E-state index in [1.165, 1.54) is 0 Å². The average Bonchev–Trinajstić information content (AvgIpc) is 2.80. The van der Waals surface area contributed by atoms with Gasteiger partial charge in [0, 0.05) is 25.8 Å². The third kappa shape index (κ3) is 2.76. The van der Waals surface area contributed by atoms with Crippen molar-refractivity contribution in [3.05, 3.63) is 15.9 Å². The number of aromatic amines is 1. The Morgan fingerprint density at radius 3 is 2.50 bits per heavy atom. The number of nitrogens with zero attached hydrogens (tertiary/aromatic N) is 2. The topological polar surface area (TPSA) is 58.2 Å². The number of carbonyl (C=O) groups excluding carboxylic acids is 1. The molecular weight excluding hydrogens is 367 g/mol. The van der Waals surface area contributed by atoms with Crippen LogP contribution in [0.15, 0.2) is 4.47 Å². The quantitative estimate of drug-likeness (QED) is 0.856. The predicted octanol–water partition coefficient (Wildman–Crippen LogP) is 2.83. The minimum atomic E-state index is -4.57. The molecule has 1 unspecified atom stereocenters. The van der Waals surface area contributed by atoms with Crippen molar-refractivity contribution < 1.29 is 22.7 Å². The molecule has 0 spiro atoms. The monoisotopic (exact) mass is 381 g/mol. The van der Waals surface area contributed by atoms with Crippen molar-refractivity contribution in [2.75, 3.05) is 19.8 Å². The second kappa shape index (κ2) is 5.84. The Bertz CT molecular complexity index is 569. The number of ether oxygens (including phenoxy) is 1. The van der Waals surface area contributed by atoms with E-state index < -0.39 is 17.8 Å².